The molecular formula is C27H20BrN3O5. The Labute approximate surface area is 215 Å². The Kier molecular flexibility index (Phi) is 7.72. The van der Waals surface area contributed by atoms with E-state index in [1.165, 1.54) is 18.5 Å². The van der Waals surface area contributed by atoms with Crippen LogP contribution in [0.5, 0.6) is 5.75 Å². The molecule has 0 atom stereocenters. The molecule has 0 saturated heterocycles. The number of hydrogen-bond donors (Lipinski definition) is 2. The van der Waals surface area contributed by atoms with Crippen molar-refractivity contribution in [2.24, 2.45) is 5.10 Å². The Morgan fingerprint density at radius 2 is 1.61 bits per heavy atom. The highest BCUT2D eigenvalue weighted by molar-refractivity contribution is 9.10. The molecule has 0 aliphatic heterocycles. The third kappa shape index (κ3) is 6.34. The number of nitrogens with zero attached hydrogens (tertiary/aromatic N) is 1. The first kappa shape index (κ1) is 24.6. The number of rotatable bonds is 7. The van der Waals surface area contributed by atoms with Crippen molar-refractivity contribution in [3.8, 4) is 5.75 Å². The van der Waals surface area contributed by atoms with E-state index in [-0.39, 0.29) is 17.4 Å². The molecule has 3 aromatic carbocycles. The predicted octanol–water partition coefficient (Wildman–Crippen LogP) is 5.59. The maximum Gasteiger partial charge on any atom is 0.379 e. The van der Waals surface area contributed by atoms with Crippen LogP contribution in [0.4, 0.5) is 5.69 Å². The second-order valence-electron chi connectivity index (χ2n) is 7.65. The highest BCUT2D eigenvalue weighted by atomic mass is 79.9. The van der Waals surface area contributed by atoms with Crippen molar-refractivity contribution >= 4 is 45.6 Å². The summed E-state index contributed by atoms with van der Waals surface area (Å²) < 4.78 is 11.2. The van der Waals surface area contributed by atoms with Crippen LogP contribution in [-0.2, 0) is 0 Å². The van der Waals surface area contributed by atoms with Crippen LogP contribution in [0, 0.1) is 6.92 Å². The lowest BCUT2D eigenvalue weighted by molar-refractivity contribution is 0.0700. The number of esters is 1. The Bertz CT molecular complexity index is 1410. The summed E-state index contributed by atoms with van der Waals surface area (Å²) in [5.74, 6) is -1.05. The van der Waals surface area contributed by atoms with E-state index in [4.69, 9.17) is 9.15 Å². The van der Waals surface area contributed by atoms with Gasteiger partial charge in [0.25, 0.3) is 11.8 Å². The van der Waals surface area contributed by atoms with Gasteiger partial charge in [-0.2, -0.15) is 5.10 Å². The number of aryl methyl sites for hydroxylation is 1. The molecule has 0 fully saturated rings. The molecule has 0 radical (unpaired) electrons. The lowest BCUT2D eigenvalue weighted by Crippen LogP contribution is -2.18. The average Bonchev–Trinajstić information content (AvgIpc) is 3.42. The number of hydrogen-bond acceptors (Lipinski definition) is 6. The molecule has 2 N–H and O–H groups in total. The van der Waals surface area contributed by atoms with E-state index in [1.54, 1.807) is 60.7 Å². The van der Waals surface area contributed by atoms with E-state index in [1.807, 2.05) is 19.1 Å². The number of benzene rings is 3. The zero-order chi connectivity index (χ0) is 25.5. The van der Waals surface area contributed by atoms with Crippen molar-refractivity contribution in [1.82, 2.24) is 5.43 Å². The lowest BCUT2D eigenvalue weighted by atomic mass is 10.1. The van der Waals surface area contributed by atoms with E-state index in [2.05, 4.69) is 31.8 Å². The number of anilines is 1. The minimum absolute atomic E-state index is 0.0626. The zero-order valence-electron chi connectivity index (χ0n) is 19.0. The van der Waals surface area contributed by atoms with Gasteiger partial charge in [-0.15, -0.1) is 0 Å². The summed E-state index contributed by atoms with van der Waals surface area (Å²) in [4.78, 5) is 37.0. The van der Waals surface area contributed by atoms with Gasteiger partial charge in [0, 0.05) is 26.9 Å². The summed E-state index contributed by atoms with van der Waals surface area (Å²) >= 11 is 3.36. The van der Waals surface area contributed by atoms with Gasteiger partial charge in [0.15, 0.2) is 0 Å². The molecule has 2 amide bonds. The van der Waals surface area contributed by atoms with Gasteiger partial charge in [-0.05, 0) is 73.7 Å². The molecule has 0 aliphatic rings. The fourth-order valence-corrected chi connectivity index (χ4v) is 3.47. The van der Waals surface area contributed by atoms with Crippen molar-refractivity contribution in [1.29, 1.82) is 0 Å². The van der Waals surface area contributed by atoms with Gasteiger partial charge in [0.1, 0.15) is 5.75 Å². The van der Waals surface area contributed by atoms with Crippen molar-refractivity contribution in [3.05, 3.63) is 118 Å². The zero-order valence-corrected chi connectivity index (χ0v) is 20.6. The van der Waals surface area contributed by atoms with Gasteiger partial charge >= 0.3 is 5.97 Å². The topological polar surface area (TPSA) is 110 Å². The first-order valence-electron chi connectivity index (χ1n) is 10.8. The van der Waals surface area contributed by atoms with Crippen molar-refractivity contribution < 1.29 is 23.5 Å². The maximum absolute atomic E-state index is 12.5. The molecule has 8 nitrogen and oxygen atoms in total. The summed E-state index contributed by atoms with van der Waals surface area (Å²) in [6.07, 6.45) is 2.74. The van der Waals surface area contributed by atoms with E-state index in [0.717, 1.165) is 10.0 Å². The van der Waals surface area contributed by atoms with Crippen LogP contribution in [0.2, 0.25) is 0 Å². The monoisotopic (exact) mass is 545 g/mol. The fourth-order valence-electron chi connectivity index (χ4n) is 3.10. The quantitative estimate of drug-likeness (QED) is 0.136. The van der Waals surface area contributed by atoms with Crippen molar-refractivity contribution in [3.63, 3.8) is 0 Å². The number of carbonyl (C=O) groups excluding carboxylic acids is 3. The van der Waals surface area contributed by atoms with E-state index in [0.29, 0.717) is 22.4 Å². The molecule has 180 valence electrons. The summed E-state index contributed by atoms with van der Waals surface area (Å²) in [7, 11) is 0. The minimum Gasteiger partial charge on any atom is -0.457 e. The van der Waals surface area contributed by atoms with E-state index in [9.17, 15) is 14.4 Å². The summed E-state index contributed by atoms with van der Waals surface area (Å²) in [5, 5.41) is 6.77. The molecule has 0 unspecified atom stereocenters. The van der Waals surface area contributed by atoms with Crippen LogP contribution in [0.1, 0.15) is 42.4 Å². The second kappa shape index (κ2) is 11.3. The van der Waals surface area contributed by atoms with E-state index < -0.39 is 11.9 Å². The number of halogens is 1. The molecular weight excluding hydrogens is 526 g/mol. The average molecular weight is 546 g/mol. The fraction of sp³-hybridized carbons (Fsp3) is 0.0370. The molecule has 0 saturated carbocycles. The molecule has 36 heavy (non-hydrogen) atoms. The SMILES string of the molecule is Cc1ccc(C(=O)Nc2ccc(C(=O)N/N=C\c3cc(Br)ccc3OC(=O)c3ccco3)cc2)cc1. The van der Waals surface area contributed by atoms with Crippen LogP contribution >= 0.6 is 15.9 Å². The van der Waals surface area contributed by atoms with Crippen molar-refractivity contribution in [2.75, 3.05) is 5.32 Å². The van der Waals surface area contributed by atoms with Gasteiger partial charge in [0.05, 0.1) is 12.5 Å². The van der Waals surface area contributed by atoms with Crippen molar-refractivity contribution in [2.45, 2.75) is 6.92 Å². The highest BCUT2D eigenvalue weighted by Gasteiger charge is 2.14. The number of nitrogens with one attached hydrogen (secondary N) is 2. The lowest BCUT2D eigenvalue weighted by Gasteiger charge is -2.07. The minimum atomic E-state index is -0.657. The van der Waals surface area contributed by atoms with Crippen LogP contribution in [-0.4, -0.2) is 24.0 Å². The third-order valence-corrected chi connectivity index (χ3v) is 5.48. The Hall–Kier alpha value is -4.50. The normalized spacial score (nSPS) is 10.7. The molecule has 4 rings (SSSR count). The number of carbonyl (C=O) groups is 3. The highest BCUT2D eigenvalue weighted by Crippen LogP contribution is 2.23. The van der Waals surface area contributed by atoms with Gasteiger partial charge < -0.3 is 14.5 Å². The number of amides is 2. The summed E-state index contributed by atoms with van der Waals surface area (Å²) in [6, 6.07) is 21.7. The van der Waals surface area contributed by atoms with Gasteiger partial charge in [-0.3, -0.25) is 9.59 Å². The molecule has 0 aliphatic carbocycles. The summed E-state index contributed by atoms with van der Waals surface area (Å²) in [5.41, 5.74) is 5.40. The third-order valence-electron chi connectivity index (χ3n) is 4.99. The summed E-state index contributed by atoms with van der Waals surface area (Å²) in [6.45, 7) is 1.95. The standard InChI is InChI=1S/C27H20BrN3O5/c1-17-4-6-18(7-5-17)25(32)30-22-11-8-19(9-12-22)26(33)31-29-16-20-15-21(28)10-13-23(20)36-27(34)24-3-2-14-35-24/h2-16H,1H3,(H,30,32)(H,31,33)/b29-16-. The molecule has 1 aromatic heterocycles. The molecule has 1 heterocycles. The maximum atomic E-state index is 12.5. The number of hydrazone groups is 1. The van der Waals surface area contributed by atoms with Gasteiger partial charge in [0.2, 0.25) is 5.76 Å². The molecule has 0 spiro atoms. The predicted molar refractivity (Wildman–Crippen MR) is 138 cm³/mol. The molecule has 0 bridgehead atoms. The van der Waals surface area contributed by atoms with Crippen LogP contribution in [0.25, 0.3) is 0 Å². The van der Waals surface area contributed by atoms with Gasteiger partial charge in [-0.1, -0.05) is 33.6 Å². The smallest absolute Gasteiger partial charge is 0.379 e. The first-order chi connectivity index (χ1) is 17.4. The Morgan fingerprint density at radius 1 is 0.917 bits per heavy atom. The molecule has 9 heteroatoms. The van der Waals surface area contributed by atoms with Crippen LogP contribution < -0.4 is 15.5 Å². The van der Waals surface area contributed by atoms with Gasteiger partial charge in [-0.25, -0.2) is 10.2 Å². The molecule has 4 aromatic rings. The number of ether oxygens (including phenoxy) is 1. The number of furan rings is 1. The Balaban J connectivity index is 1.37. The second-order valence-corrected chi connectivity index (χ2v) is 8.56. The van der Waals surface area contributed by atoms with Crippen LogP contribution in [0.3, 0.4) is 0 Å². The van der Waals surface area contributed by atoms with E-state index >= 15 is 0 Å². The van der Waals surface area contributed by atoms with Crippen LogP contribution in [0.15, 0.2) is 99.1 Å². The largest absolute Gasteiger partial charge is 0.457 e. The first-order valence-corrected chi connectivity index (χ1v) is 11.5. The Morgan fingerprint density at radius 3 is 2.31 bits per heavy atom.